The van der Waals surface area contributed by atoms with Crippen LogP contribution in [0.2, 0.25) is 5.02 Å². The predicted molar refractivity (Wildman–Crippen MR) is 65.6 cm³/mol. The topological polar surface area (TPSA) is 36.7 Å². The molecule has 2 aromatic rings. The Morgan fingerprint density at radius 2 is 2.12 bits per heavy atom. The van der Waals surface area contributed by atoms with E-state index in [4.69, 9.17) is 16.9 Å². The molecule has 0 bridgehead atoms. The van der Waals surface area contributed by atoms with Gasteiger partial charge in [0, 0.05) is 11.1 Å². The molecule has 0 spiro atoms. The number of hydrogen-bond donors (Lipinski definition) is 0. The van der Waals surface area contributed by atoms with Crippen LogP contribution in [-0.2, 0) is 0 Å². The van der Waals surface area contributed by atoms with Gasteiger partial charge >= 0.3 is 0 Å². The molecule has 0 amide bonds. The summed E-state index contributed by atoms with van der Waals surface area (Å²) in [4.78, 5) is 4.50. The number of benzene rings is 1. The highest BCUT2D eigenvalue weighted by atomic mass is 35.5. The van der Waals surface area contributed by atoms with E-state index in [0.717, 1.165) is 11.1 Å². The molecule has 1 aromatic carbocycles. The smallest absolute Gasteiger partial charge is 0.0999 e. The van der Waals surface area contributed by atoms with Crippen molar-refractivity contribution in [3.63, 3.8) is 0 Å². The van der Waals surface area contributed by atoms with Gasteiger partial charge in [0.15, 0.2) is 0 Å². The molecule has 0 fully saturated rings. The minimum atomic E-state index is 0.285. The van der Waals surface area contributed by atoms with Crippen LogP contribution in [0.25, 0.3) is 10.9 Å². The summed E-state index contributed by atoms with van der Waals surface area (Å²) in [6.45, 7) is 4.10. The van der Waals surface area contributed by atoms with Crippen LogP contribution in [0.3, 0.4) is 0 Å². The van der Waals surface area contributed by atoms with Crippen molar-refractivity contribution in [2.24, 2.45) is 0 Å². The highest BCUT2D eigenvalue weighted by molar-refractivity contribution is 6.35. The van der Waals surface area contributed by atoms with Crippen molar-refractivity contribution in [3.05, 3.63) is 40.5 Å². The Hall–Kier alpha value is -1.59. The molecule has 0 atom stereocenters. The van der Waals surface area contributed by atoms with Crippen LogP contribution in [-0.4, -0.2) is 4.98 Å². The summed E-state index contributed by atoms with van der Waals surface area (Å²) in [7, 11) is 0. The largest absolute Gasteiger partial charge is 0.251 e. The number of rotatable bonds is 1. The lowest BCUT2D eigenvalue weighted by molar-refractivity contribution is 0.829. The van der Waals surface area contributed by atoms with E-state index in [9.17, 15) is 0 Å². The zero-order valence-corrected chi connectivity index (χ0v) is 9.92. The minimum absolute atomic E-state index is 0.285. The normalized spacial score (nSPS) is 10.7. The fourth-order valence-corrected chi connectivity index (χ4v) is 1.84. The average molecular weight is 231 g/mol. The molecule has 0 N–H and O–H groups in total. The van der Waals surface area contributed by atoms with Gasteiger partial charge in [0.2, 0.25) is 0 Å². The first kappa shape index (κ1) is 10.9. The lowest BCUT2D eigenvalue weighted by Gasteiger charge is -2.08. The van der Waals surface area contributed by atoms with Crippen LogP contribution in [0.1, 0.15) is 31.0 Å². The molecule has 0 radical (unpaired) electrons. The first-order valence-corrected chi connectivity index (χ1v) is 5.50. The third-order valence-corrected chi connectivity index (χ3v) is 2.83. The first-order valence-electron chi connectivity index (χ1n) is 5.12. The van der Waals surface area contributed by atoms with Crippen LogP contribution in [0, 0.1) is 11.3 Å². The van der Waals surface area contributed by atoms with Gasteiger partial charge in [-0.25, -0.2) is 0 Å². The SMILES string of the molecule is CC(C)c1cc(C#N)c2cccc(Cl)c2n1. The number of halogens is 1. The Balaban J connectivity index is 2.86. The molecule has 0 unspecified atom stereocenters. The number of aromatic nitrogens is 1. The highest BCUT2D eigenvalue weighted by Gasteiger charge is 2.09. The van der Waals surface area contributed by atoms with Crippen molar-refractivity contribution in [1.82, 2.24) is 4.98 Å². The number of para-hydroxylation sites is 1. The molecule has 1 aromatic heterocycles. The fourth-order valence-electron chi connectivity index (χ4n) is 1.62. The number of fused-ring (bicyclic) bond motifs is 1. The maximum atomic E-state index is 9.11. The van der Waals surface area contributed by atoms with Gasteiger partial charge in [-0.15, -0.1) is 0 Å². The van der Waals surface area contributed by atoms with Crippen LogP contribution >= 0.6 is 11.6 Å². The molecular formula is C13H11ClN2. The lowest BCUT2D eigenvalue weighted by Crippen LogP contribution is -1.95. The quantitative estimate of drug-likeness (QED) is 0.745. The Bertz CT molecular complexity index is 582. The van der Waals surface area contributed by atoms with E-state index in [2.05, 4.69) is 11.1 Å². The average Bonchev–Trinajstić information content (AvgIpc) is 2.28. The molecule has 0 aliphatic rings. The summed E-state index contributed by atoms with van der Waals surface area (Å²) in [6.07, 6.45) is 0. The summed E-state index contributed by atoms with van der Waals surface area (Å²) in [5.74, 6) is 0.285. The van der Waals surface area contributed by atoms with Gasteiger partial charge in [-0.2, -0.15) is 5.26 Å². The number of hydrogen-bond acceptors (Lipinski definition) is 2. The van der Waals surface area contributed by atoms with Gasteiger partial charge < -0.3 is 0 Å². The van der Waals surface area contributed by atoms with E-state index in [-0.39, 0.29) is 5.92 Å². The van der Waals surface area contributed by atoms with Crippen molar-refractivity contribution in [3.8, 4) is 6.07 Å². The second-order valence-corrected chi connectivity index (χ2v) is 4.40. The number of nitrogens with zero attached hydrogens (tertiary/aromatic N) is 2. The number of pyridine rings is 1. The van der Waals surface area contributed by atoms with Gasteiger partial charge in [-0.1, -0.05) is 37.6 Å². The summed E-state index contributed by atoms with van der Waals surface area (Å²) >= 11 is 6.09. The first-order chi connectivity index (χ1) is 7.63. The molecule has 2 nitrogen and oxygen atoms in total. The highest BCUT2D eigenvalue weighted by Crippen LogP contribution is 2.26. The second-order valence-electron chi connectivity index (χ2n) is 4.00. The molecular weight excluding hydrogens is 220 g/mol. The molecule has 0 aliphatic carbocycles. The Kier molecular flexibility index (Phi) is 2.80. The second kappa shape index (κ2) is 4.11. The van der Waals surface area contributed by atoms with E-state index in [1.807, 2.05) is 32.0 Å². The van der Waals surface area contributed by atoms with Crippen molar-refractivity contribution in [2.75, 3.05) is 0 Å². The van der Waals surface area contributed by atoms with Crippen molar-refractivity contribution in [2.45, 2.75) is 19.8 Å². The predicted octanol–water partition coefficient (Wildman–Crippen LogP) is 3.88. The number of nitriles is 1. The summed E-state index contributed by atoms with van der Waals surface area (Å²) in [5.41, 5.74) is 2.25. The summed E-state index contributed by atoms with van der Waals surface area (Å²) in [5, 5.41) is 10.5. The zero-order valence-electron chi connectivity index (χ0n) is 9.16. The molecule has 1 heterocycles. The molecule has 0 saturated carbocycles. The summed E-state index contributed by atoms with van der Waals surface area (Å²) < 4.78 is 0. The molecule has 2 rings (SSSR count). The third kappa shape index (κ3) is 1.75. The van der Waals surface area contributed by atoms with Crippen molar-refractivity contribution < 1.29 is 0 Å². The van der Waals surface area contributed by atoms with Crippen molar-refractivity contribution >= 4 is 22.5 Å². The third-order valence-electron chi connectivity index (χ3n) is 2.52. The lowest BCUT2D eigenvalue weighted by atomic mass is 10.0. The van der Waals surface area contributed by atoms with E-state index >= 15 is 0 Å². The Labute approximate surface area is 99.5 Å². The maximum Gasteiger partial charge on any atom is 0.0999 e. The Morgan fingerprint density at radius 1 is 1.38 bits per heavy atom. The van der Waals surface area contributed by atoms with Gasteiger partial charge in [0.1, 0.15) is 0 Å². The zero-order chi connectivity index (χ0) is 11.7. The molecule has 0 saturated heterocycles. The van der Waals surface area contributed by atoms with E-state index < -0.39 is 0 Å². The molecule has 16 heavy (non-hydrogen) atoms. The van der Waals surface area contributed by atoms with Gasteiger partial charge in [0.25, 0.3) is 0 Å². The van der Waals surface area contributed by atoms with Gasteiger partial charge in [-0.3, -0.25) is 4.98 Å². The standard InChI is InChI=1S/C13H11ClN2/c1-8(2)12-6-9(7-15)10-4-3-5-11(14)13(10)16-12/h3-6,8H,1-2H3. The van der Waals surface area contributed by atoms with Crippen molar-refractivity contribution in [1.29, 1.82) is 5.26 Å². The van der Waals surface area contributed by atoms with Crippen LogP contribution < -0.4 is 0 Å². The van der Waals surface area contributed by atoms with Gasteiger partial charge in [-0.05, 0) is 18.1 Å². The van der Waals surface area contributed by atoms with E-state index in [1.54, 1.807) is 6.07 Å². The van der Waals surface area contributed by atoms with Crippen LogP contribution in [0.15, 0.2) is 24.3 Å². The molecule has 0 aliphatic heterocycles. The van der Waals surface area contributed by atoms with Crippen LogP contribution in [0.5, 0.6) is 0 Å². The van der Waals surface area contributed by atoms with E-state index in [0.29, 0.717) is 16.1 Å². The van der Waals surface area contributed by atoms with Crippen LogP contribution in [0.4, 0.5) is 0 Å². The monoisotopic (exact) mass is 230 g/mol. The van der Waals surface area contributed by atoms with E-state index in [1.165, 1.54) is 0 Å². The molecule has 3 heteroatoms. The summed E-state index contributed by atoms with van der Waals surface area (Å²) in [6, 6.07) is 9.53. The Morgan fingerprint density at radius 3 is 2.75 bits per heavy atom. The minimum Gasteiger partial charge on any atom is -0.251 e. The fraction of sp³-hybridized carbons (Fsp3) is 0.231. The van der Waals surface area contributed by atoms with Gasteiger partial charge in [0.05, 0.1) is 22.2 Å². The maximum absolute atomic E-state index is 9.11. The molecule has 80 valence electrons.